The second-order valence-electron chi connectivity index (χ2n) is 5.17. The Labute approximate surface area is 149 Å². The third-order valence-electron chi connectivity index (χ3n) is 3.34. The molecule has 3 aromatic rings. The lowest BCUT2D eigenvalue weighted by molar-refractivity contribution is -0.384. The van der Waals surface area contributed by atoms with Crippen LogP contribution in [0.3, 0.4) is 0 Å². The van der Waals surface area contributed by atoms with Gasteiger partial charge in [-0.1, -0.05) is 18.2 Å². The summed E-state index contributed by atoms with van der Waals surface area (Å²) in [6.07, 6.45) is 0. The van der Waals surface area contributed by atoms with E-state index in [0.717, 1.165) is 0 Å². The van der Waals surface area contributed by atoms with E-state index in [-0.39, 0.29) is 16.3 Å². The Morgan fingerprint density at radius 2 is 1.27 bits per heavy atom. The highest BCUT2D eigenvalue weighted by Gasteiger charge is 2.17. The molecule has 0 aliphatic carbocycles. The predicted molar refractivity (Wildman–Crippen MR) is 93.9 cm³/mol. The summed E-state index contributed by atoms with van der Waals surface area (Å²) in [6, 6.07) is 19.6. The van der Waals surface area contributed by atoms with Gasteiger partial charge in [0.25, 0.3) is 5.69 Å². The average molecular weight is 371 g/mol. The van der Waals surface area contributed by atoms with Gasteiger partial charge in [0.1, 0.15) is 22.1 Å². The summed E-state index contributed by atoms with van der Waals surface area (Å²) in [5.74, 6) is 1.09. The van der Waals surface area contributed by atoms with E-state index in [1.165, 1.54) is 48.5 Å². The van der Waals surface area contributed by atoms with Crippen LogP contribution in [0.5, 0.6) is 17.2 Å². The fourth-order valence-electron chi connectivity index (χ4n) is 2.10. The maximum Gasteiger partial charge on any atom is 0.339 e. The van der Waals surface area contributed by atoms with Gasteiger partial charge in [0.15, 0.2) is 0 Å². The van der Waals surface area contributed by atoms with E-state index in [1.54, 1.807) is 12.1 Å². The zero-order chi connectivity index (χ0) is 18.6. The number of non-ortho nitro benzene ring substituents is 1. The molecule has 0 saturated carbocycles. The van der Waals surface area contributed by atoms with Crippen LogP contribution in [-0.2, 0) is 10.1 Å². The summed E-state index contributed by atoms with van der Waals surface area (Å²) in [5, 5.41) is 10.6. The molecule has 0 atom stereocenters. The molecule has 3 aromatic carbocycles. The van der Waals surface area contributed by atoms with Crippen LogP contribution in [0.15, 0.2) is 83.8 Å². The van der Waals surface area contributed by atoms with Crippen LogP contribution in [0, 0.1) is 10.1 Å². The third-order valence-corrected chi connectivity index (χ3v) is 4.61. The first-order valence-electron chi connectivity index (χ1n) is 7.46. The molecule has 0 spiro atoms. The van der Waals surface area contributed by atoms with Gasteiger partial charge in [0, 0.05) is 12.1 Å². The zero-order valence-electron chi connectivity index (χ0n) is 13.3. The first-order chi connectivity index (χ1) is 12.4. The second-order valence-corrected chi connectivity index (χ2v) is 6.72. The Morgan fingerprint density at radius 1 is 0.731 bits per heavy atom. The average Bonchev–Trinajstić information content (AvgIpc) is 2.63. The van der Waals surface area contributed by atoms with Crippen LogP contribution in [0.2, 0.25) is 0 Å². The normalized spacial score (nSPS) is 10.9. The van der Waals surface area contributed by atoms with Crippen LogP contribution >= 0.6 is 0 Å². The molecule has 0 aliphatic heterocycles. The highest BCUT2D eigenvalue weighted by molar-refractivity contribution is 7.87. The summed E-state index contributed by atoms with van der Waals surface area (Å²) >= 11 is 0. The number of rotatable bonds is 6. The zero-order valence-corrected chi connectivity index (χ0v) is 14.1. The van der Waals surface area contributed by atoms with Gasteiger partial charge < -0.3 is 8.92 Å². The minimum atomic E-state index is -4.06. The molecule has 8 heteroatoms. The number of ether oxygens (including phenoxy) is 1. The quantitative estimate of drug-likeness (QED) is 0.367. The Hall–Kier alpha value is -3.39. The van der Waals surface area contributed by atoms with E-state index in [0.29, 0.717) is 11.5 Å². The van der Waals surface area contributed by atoms with Gasteiger partial charge in [-0.3, -0.25) is 10.1 Å². The number of hydrogen-bond donors (Lipinski definition) is 0. The second kappa shape index (κ2) is 7.24. The van der Waals surface area contributed by atoms with Crippen LogP contribution in [-0.4, -0.2) is 13.3 Å². The molecule has 132 valence electrons. The van der Waals surface area contributed by atoms with Crippen LogP contribution in [0.1, 0.15) is 0 Å². The third kappa shape index (κ3) is 4.17. The smallest absolute Gasteiger partial charge is 0.339 e. The Bertz CT molecular complexity index is 1000. The number of nitrogens with zero attached hydrogens (tertiary/aromatic N) is 1. The number of benzene rings is 3. The molecule has 3 rings (SSSR count). The van der Waals surface area contributed by atoms with Crippen molar-refractivity contribution >= 4 is 15.8 Å². The first kappa shape index (κ1) is 17.4. The molecule has 0 aliphatic rings. The fraction of sp³-hybridized carbons (Fsp3) is 0. The molecule has 0 saturated heterocycles. The summed E-state index contributed by atoms with van der Waals surface area (Å²) in [4.78, 5) is 9.98. The summed E-state index contributed by atoms with van der Waals surface area (Å²) in [7, 11) is -4.06. The van der Waals surface area contributed by atoms with Gasteiger partial charge >= 0.3 is 10.1 Å². The minimum absolute atomic E-state index is 0.0137. The van der Waals surface area contributed by atoms with Crippen molar-refractivity contribution in [3.8, 4) is 17.2 Å². The van der Waals surface area contributed by atoms with E-state index in [4.69, 9.17) is 8.92 Å². The largest absolute Gasteiger partial charge is 0.457 e. The molecule has 0 unspecified atom stereocenters. The van der Waals surface area contributed by atoms with Gasteiger partial charge in [-0.2, -0.15) is 8.42 Å². The fourth-order valence-corrected chi connectivity index (χ4v) is 3.03. The van der Waals surface area contributed by atoms with E-state index in [9.17, 15) is 18.5 Å². The Balaban J connectivity index is 1.73. The lowest BCUT2D eigenvalue weighted by Crippen LogP contribution is -2.09. The number of hydrogen-bond acceptors (Lipinski definition) is 6. The minimum Gasteiger partial charge on any atom is -0.457 e. The lowest BCUT2D eigenvalue weighted by Gasteiger charge is -2.08. The van der Waals surface area contributed by atoms with Crippen molar-refractivity contribution in [2.75, 3.05) is 0 Å². The SMILES string of the molecule is O=[N+]([O-])c1ccc(OS(=O)(=O)c2ccc(Oc3ccccc3)cc2)cc1. The number of nitro groups is 1. The van der Waals surface area contributed by atoms with Crippen molar-refractivity contribution in [2.45, 2.75) is 4.90 Å². The predicted octanol–water partition coefficient (Wildman–Crippen LogP) is 4.15. The molecule has 26 heavy (non-hydrogen) atoms. The van der Waals surface area contributed by atoms with Crippen molar-refractivity contribution in [1.82, 2.24) is 0 Å². The van der Waals surface area contributed by atoms with Gasteiger partial charge in [-0.25, -0.2) is 0 Å². The summed E-state index contributed by atoms with van der Waals surface area (Å²) in [5.41, 5.74) is -0.155. The van der Waals surface area contributed by atoms with Crippen molar-refractivity contribution < 1.29 is 22.3 Å². The molecule has 0 radical (unpaired) electrons. The molecule has 0 aromatic heterocycles. The summed E-state index contributed by atoms with van der Waals surface area (Å²) < 4.78 is 35.2. The van der Waals surface area contributed by atoms with Crippen molar-refractivity contribution in [3.63, 3.8) is 0 Å². The lowest BCUT2D eigenvalue weighted by atomic mass is 10.3. The Morgan fingerprint density at radius 3 is 1.85 bits per heavy atom. The van der Waals surface area contributed by atoms with Crippen molar-refractivity contribution in [1.29, 1.82) is 0 Å². The maximum atomic E-state index is 12.3. The molecular weight excluding hydrogens is 358 g/mol. The standard InChI is InChI=1S/C18H13NO6S/c20-19(21)14-6-8-17(9-7-14)25-26(22,23)18-12-10-16(11-13-18)24-15-4-2-1-3-5-15/h1-13H. The molecule has 0 amide bonds. The molecule has 0 fully saturated rings. The first-order valence-corrected chi connectivity index (χ1v) is 8.87. The van der Waals surface area contributed by atoms with Gasteiger partial charge in [0.2, 0.25) is 0 Å². The number of para-hydroxylation sites is 1. The monoisotopic (exact) mass is 371 g/mol. The van der Waals surface area contributed by atoms with E-state index in [1.807, 2.05) is 18.2 Å². The molecule has 7 nitrogen and oxygen atoms in total. The van der Waals surface area contributed by atoms with Gasteiger partial charge in [-0.05, 0) is 48.5 Å². The van der Waals surface area contributed by atoms with Crippen LogP contribution in [0.25, 0.3) is 0 Å². The van der Waals surface area contributed by atoms with E-state index >= 15 is 0 Å². The van der Waals surface area contributed by atoms with E-state index < -0.39 is 15.0 Å². The van der Waals surface area contributed by atoms with E-state index in [2.05, 4.69) is 0 Å². The Kier molecular flexibility index (Phi) is 4.85. The highest BCUT2D eigenvalue weighted by Crippen LogP contribution is 2.25. The van der Waals surface area contributed by atoms with Crippen LogP contribution in [0.4, 0.5) is 5.69 Å². The van der Waals surface area contributed by atoms with Crippen molar-refractivity contribution in [3.05, 3.63) is 89.0 Å². The van der Waals surface area contributed by atoms with Gasteiger partial charge in [0.05, 0.1) is 4.92 Å². The summed E-state index contributed by atoms with van der Waals surface area (Å²) in [6.45, 7) is 0. The van der Waals surface area contributed by atoms with Gasteiger partial charge in [-0.15, -0.1) is 0 Å². The highest BCUT2D eigenvalue weighted by atomic mass is 32.2. The molecule has 0 bridgehead atoms. The molecule has 0 heterocycles. The van der Waals surface area contributed by atoms with Crippen molar-refractivity contribution in [2.24, 2.45) is 0 Å². The number of nitro benzene ring substituents is 1. The molecular formula is C18H13NO6S. The maximum absolute atomic E-state index is 12.3. The topological polar surface area (TPSA) is 95.7 Å². The van der Waals surface area contributed by atoms with Crippen LogP contribution < -0.4 is 8.92 Å². The molecule has 0 N–H and O–H groups in total.